The largest absolute Gasteiger partial charge is 0.347 e. The molecule has 0 saturated carbocycles. The van der Waals surface area contributed by atoms with Crippen LogP contribution in [0.4, 0.5) is 4.79 Å². The number of thioether (sulfide) groups is 1. The summed E-state index contributed by atoms with van der Waals surface area (Å²) in [4.78, 5) is 10.3. The Bertz CT molecular complexity index is 75.8. The average molecular weight is 117 g/mol. The Kier molecular flexibility index (Phi) is 1.57. The second-order valence-electron chi connectivity index (χ2n) is 1.42. The van der Waals surface area contributed by atoms with Gasteiger partial charge < -0.3 is 5.32 Å². The first-order valence-electron chi connectivity index (χ1n) is 2.30. The molecule has 1 aliphatic heterocycles. The zero-order chi connectivity index (χ0) is 5.11. The van der Waals surface area contributed by atoms with Gasteiger partial charge in [0.25, 0.3) is 5.24 Å². The summed E-state index contributed by atoms with van der Waals surface area (Å²) in [6, 6.07) is 0. The lowest BCUT2D eigenvalue weighted by Gasteiger charge is -2.08. The molecule has 7 heavy (non-hydrogen) atoms. The SMILES string of the molecule is O=C1NCCCS1. The van der Waals surface area contributed by atoms with Crippen LogP contribution in [-0.2, 0) is 0 Å². The predicted molar refractivity (Wildman–Crippen MR) is 30.5 cm³/mol. The van der Waals surface area contributed by atoms with Crippen molar-refractivity contribution in [2.45, 2.75) is 6.42 Å². The number of carbonyl (C=O) groups is 1. The number of nitrogens with one attached hydrogen (secondary N) is 1. The molecule has 0 aliphatic carbocycles. The van der Waals surface area contributed by atoms with E-state index in [4.69, 9.17) is 0 Å². The highest BCUT2D eigenvalue weighted by molar-refractivity contribution is 8.13. The molecule has 3 heteroatoms. The lowest BCUT2D eigenvalue weighted by Crippen LogP contribution is -2.25. The maximum Gasteiger partial charge on any atom is 0.279 e. The molecule has 1 rings (SSSR count). The van der Waals surface area contributed by atoms with Crippen molar-refractivity contribution in [1.82, 2.24) is 5.32 Å². The van der Waals surface area contributed by atoms with Crippen LogP contribution < -0.4 is 5.32 Å². The number of hydrogen-bond acceptors (Lipinski definition) is 2. The van der Waals surface area contributed by atoms with Crippen LogP contribution >= 0.6 is 11.8 Å². The topological polar surface area (TPSA) is 29.1 Å². The van der Waals surface area contributed by atoms with Gasteiger partial charge in [-0.2, -0.15) is 0 Å². The first-order valence-corrected chi connectivity index (χ1v) is 3.29. The van der Waals surface area contributed by atoms with Crippen LogP contribution in [-0.4, -0.2) is 17.5 Å². The smallest absolute Gasteiger partial charge is 0.279 e. The van der Waals surface area contributed by atoms with Gasteiger partial charge in [-0.1, -0.05) is 11.8 Å². The summed E-state index contributed by atoms with van der Waals surface area (Å²) >= 11 is 1.37. The van der Waals surface area contributed by atoms with E-state index in [1.54, 1.807) is 0 Å². The Morgan fingerprint density at radius 2 is 2.57 bits per heavy atom. The molecule has 1 fully saturated rings. The van der Waals surface area contributed by atoms with Crippen molar-refractivity contribution in [3.63, 3.8) is 0 Å². The van der Waals surface area contributed by atoms with Crippen molar-refractivity contribution < 1.29 is 4.79 Å². The molecule has 40 valence electrons. The summed E-state index contributed by atoms with van der Waals surface area (Å²) in [5.41, 5.74) is 0. The second kappa shape index (κ2) is 2.21. The molecule has 0 aromatic heterocycles. The fraction of sp³-hybridized carbons (Fsp3) is 0.750. The van der Waals surface area contributed by atoms with Gasteiger partial charge in [-0.15, -0.1) is 0 Å². The van der Waals surface area contributed by atoms with Crippen LogP contribution in [0.15, 0.2) is 0 Å². The highest BCUT2D eigenvalue weighted by Crippen LogP contribution is 2.06. The van der Waals surface area contributed by atoms with Gasteiger partial charge >= 0.3 is 0 Å². The van der Waals surface area contributed by atoms with Crippen LogP contribution in [0, 0.1) is 0 Å². The van der Waals surface area contributed by atoms with Gasteiger partial charge in [0.2, 0.25) is 0 Å². The monoisotopic (exact) mass is 117 g/mol. The summed E-state index contributed by atoms with van der Waals surface area (Å²) in [6.45, 7) is 0.867. The van der Waals surface area contributed by atoms with E-state index >= 15 is 0 Å². The van der Waals surface area contributed by atoms with Crippen LogP contribution in [0.3, 0.4) is 0 Å². The molecule has 1 amide bonds. The number of rotatable bonds is 0. The zero-order valence-electron chi connectivity index (χ0n) is 3.94. The first-order chi connectivity index (χ1) is 3.39. The summed E-state index contributed by atoms with van der Waals surface area (Å²) < 4.78 is 0. The average Bonchev–Trinajstić information content (AvgIpc) is 1.69. The van der Waals surface area contributed by atoms with Gasteiger partial charge in [-0.05, 0) is 6.42 Å². The Balaban J connectivity index is 2.25. The maximum atomic E-state index is 10.3. The van der Waals surface area contributed by atoms with E-state index in [0.29, 0.717) is 0 Å². The van der Waals surface area contributed by atoms with Crippen molar-refractivity contribution in [2.24, 2.45) is 0 Å². The molecule has 1 heterocycles. The van der Waals surface area contributed by atoms with Crippen LogP contribution in [0.5, 0.6) is 0 Å². The van der Waals surface area contributed by atoms with E-state index in [0.717, 1.165) is 18.7 Å². The first kappa shape index (κ1) is 4.97. The fourth-order valence-corrected chi connectivity index (χ4v) is 1.16. The van der Waals surface area contributed by atoms with Gasteiger partial charge in [0.05, 0.1) is 0 Å². The quantitative estimate of drug-likeness (QED) is 0.509. The van der Waals surface area contributed by atoms with Crippen molar-refractivity contribution in [3.8, 4) is 0 Å². The molecule has 0 bridgehead atoms. The van der Waals surface area contributed by atoms with Gasteiger partial charge in [-0.25, -0.2) is 0 Å². The van der Waals surface area contributed by atoms with Crippen LogP contribution in [0.2, 0.25) is 0 Å². The molecule has 1 saturated heterocycles. The summed E-state index contributed by atoms with van der Waals surface area (Å²) in [5, 5.41) is 2.84. The van der Waals surface area contributed by atoms with E-state index in [1.165, 1.54) is 11.8 Å². The van der Waals surface area contributed by atoms with Crippen LogP contribution in [0.25, 0.3) is 0 Å². The number of hydrogen-bond donors (Lipinski definition) is 1. The molecule has 2 nitrogen and oxygen atoms in total. The minimum atomic E-state index is 0.131. The summed E-state index contributed by atoms with van der Waals surface area (Å²) in [6.07, 6.45) is 1.12. The van der Waals surface area contributed by atoms with Crippen LogP contribution in [0.1, 0.15) is 6.42 Å². The highest BCUT2D eigenvalue weighted by atomic mass is 32.2. The lowest BCUT2D eigenvalue weighted by molar-refractivity contribution is 0.260. The third-order valence-electron chi connectivity index (χ3n) is 0.824. The molecular weight excluding hydrogens is 110 g/mol. The molecule has 0 aromatic carbocycles. The van der Waals surface area contributed by atoms with Gasteiger partial charge in [-0.3, -0.25) is 4.79 Å². The molecular formula is C4H7NOS. The van der Waals surface area contributed by atoms with Gasteiger partial charge in [0, 0.05) is 12.3 Å². The normalized spacial score (nSPS) is 21.4. The lowest BCUT2D eigenvalue weighted by atomic mass is 10.5. The van der Waals surface area contributed by atoms with E-state index < -0.39 is 0 Å². The standard InChI is InChI=1S/C4H7NOS/c6-4-5-2-1-3-7-4/h1-3H2,(H,5,6). The molecule has 0 spiro atoms. The van der Waals surface area contributed by atoms with E-state index in [1.807, 2.05) is 0 Å². The molecule has 1 N–H and O–H groups in total. The van der Waals surface area contributed by atoms with E-state index in [2.05, 4.69) is 5.32 Å². The second-order valence-corrected chi connectivity index (χ2v) is 2.48. The summed E-state index contributed by atoms with van der Waals surface area (Å²) in [7, 11) is 0. The van der Waals surface area contributed by atoms with E-state index in [9.17, 15) is 4.79 Å². The Morgan fingerprint density at radius 3 is 2.86 bits per heavy atom. The predicted octanol–water partition coefficient (Wildman–Crippen LogP) is 0.833. The summed E-state index contributed by atoms with van der Waals surface area (Å²) in [5.74, 6) is 0.992. The Hall–Kier alpha value is -0.180. The van der Waals surface area contributed by atoms with E-state index in [-0.39, 0.29) is 5.24 Å². The molecule has 0 atom stereocenters. The maximum absolute atomic E-state index is 10.3. The highest BCUT2D eigenvalue weighted by Gasteiger charge is 2.04. The number of carbonyl (C=O) groups excluding carboxylic acids is 1. The minimum absolute atomic E-state index is 0.131. The Labute approximate surface area is 46.7 Å². The third-order valence-corrected chi connectivity index (χ3v) is 1.72. The van der Waals surface area contributed by atoms with Crippen molar-refractivity contribution in [3.05, 3.63) is 0 Å². The van der Waals surface area contributed by atoms with Gasteiger partial charge in [0.1, 0.15) is 0 Å². The Morgan fingerprint density at radius 1 is 1.71 bits per heavy atom. The fourth-order valence-electron chi connectivity index (χ4n) is 0.479. The van der Waals surface area contributed by atoms with Crippen molar-refractivity contribution >= 4 is 17.0 Å². The molecule has 0 aromatic rings. The molecule has 1 aliphatic rings. The van der Waals surface area contributed by atoms with Gasteiger partial charge in [0.15, 0.2) is 0 Å². The van der Waals surface area contributed by atoms with Crippen molar-refractivity contribution in [2.75, 3.05) is 12.3 Å². The van der Waals surface area contributed by atoms with Crippen molar-refractivity contribution in [1.29, 1.82) is 0 Å². The zero-order valence-corrected chi connectivity index (χ0v) is 4.75. The minimum Gasteiger partial charge on any atom is -0.347 e. The molecule has 0 unspecified atom stereocenters. The number of amides is 1. The third kappa shape index (κ3) is 1.39. The molecule has 0 radical (unpaired) electrons.